The number of rotatable bonds is 4. The van der Waals surface area contributed by atoms with Crippen molar-refractivity contribution in [3.8, 4) is 0 Å². The van der Waals surface area contributed by atoms with Crippen molar-refractivity contribution in [1.29, 1.82) is 0 Å². The number of hydrogen-bond donors (Lipinski definition) is 2. The van der Waals surface area contributed by atoms with Gasteiger partial charge in [0.05, 0.1) is 11.1 Å². The lowest BCUT2D eigenvalue weighted by atomic mass is 9.96. The van der Waals surface area contributed by atoms with E-state index in [0.29, 0.717) is 25.0 Å². The van der Waals surface area contributed by atoms with Crippen molar-refractivity contribution in [1.82, 2.24) is 5.32 Å². The standard InChI is InChI=1S/C15H18F6N2S/c1-4-13(3,5-2)23-12(24)22-11-7-9(14(16,17)18)6-10(8-11)15(19,20)21/h6-8H,4-5H2,1-3H3,(H2,22,23,24). The summed E-state index contributed by atoms with van der Waals surface area (Å²) in [5, 5.41) is 5.29. The second-order valence-corrected chi connectivity index (χ2v) is 6.05. The van der Waals surface area contributed by atoms with Gasteiger partial charge in [-0.15, -0.1) is 0 Å². The van der Waals surface area contributed by atoms with Gasteiger partial charge in [-0.2, -0.15) is 26.3 Å². The van der Waals surface area contributed by atoms with Crippen LogP contribution in [0, 0.1) is 0 Å². The van der Waals surface area contributed by atoms with Crippen molar-refractivity contribution in [2.75, 3.05) is 5.32 Å². The molecule has 0 atom stereocenters. The Balaban J connectivity index is 3.13. The second-order valence-electron chi connectivity index (χ2n) is 5.64. The van der Waals surface area contributed by atoms with Crippen LogP contribution < -0.4 is 10.6 Å². The van der Waals surface area contributed by atoms with Crippen molar-refractivity contribution < 1.29 is 26.3 Å². The first-order valence-corrected chi connectivity index (χ1v) is 7.60. The van der Waals surface area contributed by atoms with Crippen LogP contribution in [0.5, 0.6) is 0 Å². The number of nitrogens with one attached hydrogen (secondary N) is 2. The van der Waals surface area contributed by atoms with Crippen molar-refractivity contribution in [2.45, 2.75) is 51.5 Å². The monoisotopic (exact) mass is 372 g/mol. The summed E-state index contributed by atoms with van der Waals surface area (Å²) in [6, 6.07) is 1.26. The molecule has 0 saturated heterocycles. The molecule has 0 spiro atoms. The Hall–Kier alpha value is -1.51. The van der Waals surface area contributed by atoms with Gasteiger partial charge in [0.15, 0.2) is 5.11 Å². The molecule has 1 aromatic rings. The van der Waals surface area contributed by atoms with Gasteiger partial charge in [0.1, 0.15) is 0 Å². The van der Waals surface area contributed by atoms with Crippen LogP contribution in [0.3, 0.4) is 0 Å². The van der Waals surface area contributed by atoms with E-state index in [1.54, 1.807) is 0 Å². The minimum absolute atomic E-state index is 0.0337. The Labute approximate surface area is 141 Å². The molecule has 0 saturated carbocycles. The first-order valence-electron chi connectivity index (χ1n) is 7.19. The fraction of sp³-hybridized carbons (Fsp3) is 0.533. The van der Waals surface area contributed by atoms with E-state index in [-0.39, 0.29) is 16.9 Å². The molecule has 2 nitrogen and oxygen atoms in total. The Kier molecular flexibility index (Phi) is 6.13. The van der Waals surface area contributed by atoms with E-state index in [4.69, 9.17) is 12.2 Å². The third kappa shape index (κ3) is 5.54. The van der Waals surface area contributed by atoms with Crippen LogP contribution in [0.25, 0.3) is 0 Å². The number of thiocarbonyl (C=S) groups is 1. The molecule has 0 heterocycles. The Morgan fingerprint density at radius 1 is 0.917 bits per heavy atom. The van der Waals surface area contributed by atoms with Crippen LogP contribution >= 0.6 is 12.2 Å². The molecule has 9 heteroatoms. The Morgan fingerprint density at radius 3 is 1.67 bits per heavy atom. The molecule has 0 bridgehead atoms. The maximum atomic E-state index is 12.8. The van der Waals surface area contributed by atoms with Crippen molar-refractivity contribution in [3.05, 3.63) is 29.3 Å². The van der Waals surface area contributed by atoms with E-state index in [0.717, 1.165) is 0 Å². The summed E-state index contributed by atoms with van der Waals surface area (Å²) in [6.45, 7) is 5.64. The zero-order chi connectivity index (χ0) is 18.8. The van der Waals surface area contributed by atoms with Crippen LogP contribution in [0.1, 0.15) is 44.7 Å². The first kappa shape index (κ1) is 20.5. The maximum Gasteiger partial charge on any atom is 0.416 e. The van der Waals surface area contributed by atoms with E-state index in [9.17, 15) is 26.3 Å². The third-order valence-electron chi connectivity index (χ3n) is 3.82. The fourth-order valence-electron chi connectivity index (χ4n) is 1.89. The summed E-state index contributed by atoms with van der Waals surface area (Å²) in [5.74, 6) is 0. The Bertz CT molecular complexity index is 558. The molecule has 0 aliphatic carbocycles. The normalized spacial score (nSPS) is 12.9. The highest BCUT2D eigenvalue weighted by Gasteiger charge is 2.37. The lowest BCUT2D eigenvalue weighted by Crippen LogP contribution is -2.46. The van der Waals surface area contributed by atoms with Gasteiger partial charge in [-0.3, -0.25) is 0 Å². The summed E-state index contributed by atoms with van der Waals surface area (Å²) in [7, 11) is 0. The smallest absolute Gasteiger partial charge is 0.357 e. The van der Waals surface area contributed by atoms with Crippen LogP contribution in [0.2, 0.25) is 0 Å². The number of halogens is 6. The number of alkyl halides is 6. The molecule has 1 aromatic carbocycles. The molecule has 0 aromatic heterocycles. The van der Waals surface area contributed by atoms with Gasteiger partial charge in [-0.25, -0.2) is 0 Å². The molecule has 0 radical (unpaired) electrons. The van der Waals surface area contributed by atoms with Gasteiger partial charge in [-0.05, 0) is 50.2 Å². The van der Waals surface area contributed by atoms with Gasteiger partial charge >= 0.3 is 12.4 Å². The molecular weight excluding hydrogens is 354 g/mol. The zero-order valence-corrected chi connectivity index (χ0v) is 14.1. The molecule has 0 aliphatic heterocycles. The molecule has 0 aliphatic rings. The highest BCUT2D eigenvalue weighted by atomic mass is 32.1. The van der Waals surface area contributed by atoms with Crippen LogP contribution in [-0.4, -0.2) is 10.7 Å². The third-order valence-corrected chi connectivity index (χ3v) is 4.03. The van der Waals surface area contributed by atoms with E-state index < -0.39 is 29.0 Å². The molecular formula is C15H18F6N2S. The van der Waals surface area contributed by atoms with E-state index in [1.807, 2.05) is 20.8 Å². The predicted octanol–water partition coefficient (Wildman–Crippen LogP) is 5.59. The van der Waals surface area contributed by atoms with Crippen molar-refractivity contribution >= 4 is 23.0 Å². The van der Waals surface area contributed by atoms with E-state index in [1.165, 1.54) is 0 Å². The highest BCUT2D eigenvalue weighted by Crippen LogP contribution is 2.37. The summed E-state index contributed by atoms with van der Waals surface area (Å²) in [6.07, 6.45) is -8.42. The van der Waals surface area contributed by atoms with Crippen molar-refractivity contribution in [2.24, 2.45) is 0 Å². The van der Waals surface area contributed by atoms with Crippen LogP contribution in [0.4, 0.5) is 32.0 Å². The second kappa shape index (κ2) is 7.16. The molecule has 136 valence electrons. The van der Waals surface area contributed by atoms with Gasteiger partial charge in [0.2, 0.25) is 0 Å². The van der Waals surface area contributed by atoms with Gasteiger partial charge in [0, 0.05) is 11.2 Å². The molecule has 24 heavy (non-hydrogen) atoms. The number of anilines is 1. The van der Waals surface area contributed by atoms with Crippen LogP contribution in [0.15, 0.2) is 18.2 Å². The molecule has 1 rings (SSSR count). The summed E-state index contributed by atoms with van der Waals surface area (Å²) in [5.41, 5.74) is -3.56. The lowest BCUT2D eigenvalue weighted by Gasteiger charge is -2.30. The summed E-state index contributed by atoms with van der Waals surface area (Å²) < 4.78 is 76.9. The van der Waals surface area contributed by atoms with Crippen LogP contribution in [-0.2, 0) is 12.4 Å². The zero-order valence-electron chi connectivity index (χ0n) is 13.3. The van der Waals surface area contributed by atoms with Gasteiger partial charge in [0.25, 0.3) is 0 Å². The molecule has 2 N–H and O–H groups in total. The fourth-order valence-corrected chi connectivity index (χ4v) is 2.25. The first-order chi connectivity index (χ1) is 10.8. The minimum Gasteiger partial charge on any atom is -0.357 e. The summed E-state index contributed by atoms with van der Waals surface area (Å²) >= 11 is 5.01. The highest BCUT2D eigenvalue weighted by molar-refractivity contribution is 7.80. The number of hydrogen-bond acceptors (Lipinski definition) is 1. The van der Waals surface area contributed by atoms with Crippen molar-refractivity contribution in [3.63, 3.8) is 0 Å². The largest absolute Gasteiger partial charge is 0.416 e. The Morgan fingerprint density at radius 2 is 1.33 bits per heavy atom. The maximum absolute atomic E-state index is 12.8. The predicted molar refractivity (Wildman–Crippen MR) is 84.8 cm³/mol. The average Bonchev–Trinajstić information content (AvgIpc) is 2.44. The van der Waals surface area contributed by atoms with E-state index >= 15 is 0 Å². The molecule has 0 fully saturated rings. The van der Waals surface area contributed by atoms with Gasteiger partial charge < -0.3 is 10.6 Å². The average molecular weight is 372 g/mol. The quantitative estimate of drug-likeness (QED) is 0.532. The topological polar surface area (TPSA) is 24.1 Å². The number of benzene rings is 1. The minimum atomic E-state index is -4.89. The molecule has 0 unspecified atom stereocenters. The SMILES string of the molecule is CCC(C)(CC)NC(=S)Nc1cc(C(F)(F)F)cc(C(F)(F)F)c1. The molecule has 0 amide bonds. The van der Waals surface area contributed by atoms with E-state index in [2.05, 4.69) is 10.6 Å². The van der Waals surface area contributed by atoms with Gasteiger partial charge in [-0.1, -0.05) is 13.8 Å². The lowest BCUT2D eigenvalue weighted by molar-refractivity contribution is -0.143. The summed E-state index contributed by atoms with van der Waals surface area (Å²) in [4.78, 5) is 0.